The first-order valence-electron chi connectivity index (χ1n) is 8.25. The number of rotatable bonds is 5. The largest absolute Gasteiger partial charge is 0.390 e. The summed E-state index contributed by atoms with van der Waals surface area (Å²) in [4.78, 5) is 12.4. The van der Waals surface area contributed by atoms with Gasteiger partial charge in [0.1, 0.15) is 0 Å². The summed E-state index contributed by atoms with van der Waals surface area (Å²) in [6.07, 6.45) is 4.76. The molecule has 1 aliphatic rings. The van der Waals surface area contributed by atoms with Crippen LogP contribution in [0.2, 0.25) is 0 Å². The van der Waals surface area contributed by atoms with Crippen molar-refractivity contribution in [1.29, 1.82) is 0 Å². The van der Waals surface area contributed by atoms with E-state index in [0.717, 1.165) is 11.3 Å². The molecular weight excluding hydrogens is 306 g/mol. The van der Waals surface area contributed by atoms with Crippen molar-refractivity contribution in [3.8, 4) is 5.69 Å². The molecule has 1 fully saturated rings. The normalized spacial score (nSPS) is 23.8. The van der Waals surface area contributed by atoms with Gasteiger partial charge in [0.15, 0.2) is 0 Å². The summed E-state index contributed by atoms with van der Waals surface area (Å²) in [6.45, 7) is 0.477. The summed E-state index contributed by atoms with van der Waals surface area (Å²) in [5.41, 5.74) is 1.99. The Bertz CT molecular complexity index is 672. The Balaban J connectivity index is 1.58. The minimum absolute atomic E-state index is 0.0217. The number of ether oxygens (including phenoxy) is 1. The van der Waals surface area contributed by atoms with Gasteiger partial charge in [-0.05, 0) is 43.0 Å². The third-order valence-electron chi connectivity index (χ3n) is 4.58. The van der Waals surface area contributed by atoms with E-state index in [2.05, 4.69) is 10.4 Å². The predicted octanol–water partition coefficient (Wildman–Crippen LogP) is 1.66. The molecule has 6 nitrogen and oxygen atoms in total. The second-order valence-corrected chi connectivity index (χ2v) is 6.19. The van der Waals surface area contributed by atoms with E-state index >= 15 is 0 Å². The maximum Gasteiger partial charge on any atom is 0.223 e. The monoisotopic (exact) mass is 329 g/mol. The molecule has 1 amide bonds. The van der Waals surface area contributed by atoms with Crippen LogP contribution in [0.5, 0.6) is 0 Å². The lowest BCUT2D eigenvalue weighted by molar-refractivity contribution is -0.130. The zero-order valence-corrected chi connectivity index (χ0v) is 13.8. The molecule has 1 aliphatic carbocycles. The number of carbonyl (C=O) groups excluding carboxylic acids is 1. The van der Waals surface area contributed by atoms with Crippen LogP contribution in [-0.4, -0.2) is 40.1 Å². The van der Waals surface area contributed by atoms with E-state index in [1.54, 1.807) is 18.0 Å². The molecule has 1 aromatic heterocycles. The van der Waals surface area contributed by atoms with E-state index < -0.39 is 6.10 Å². The fourth-order valence-electron chi connectivity index (χ4n) is 3.17. The molecule has 0 spiro atoms. The maximum absolute atomic E-state index is 12.4. The number of carbonyl (C=O) groups is 1. The number of hydrogen-bond acceptors (Lipinski definition) is 4. The van der Waals surface area contributed by atoms with Gasteiger partial charge in [0.2, 0.25) is 5.91 Å². The van der Waals surface area contributed by atoms with E-state index in [1.165, 1.54) is 0 Å². The minimum Gasteiger partial charge on any atom is -0.390 e. The van der Waals surface area contributed by atoms with Crippen LogP contribution in [0.4, 0.5) is 0 Å². The number of nitrogens with zero attached hydrogens (tertiary/aromatic N) is 2. The lowest BCUT2D eigenvalue weighted by atomic mass is 9.84. The number of nitrogens with one attached hydrogen (secondary N) is 1. The summed E-state index contributed by atoms with van der Waals surface area (Å²) in [7, 11) is 1.58. The zero-order chi connectivity index (χ0) is 16.9. The Labute approximate surface area is 141 Å². The van der Waals surface area contributed by atoms with E-state index in [4.69, 9.17) is 4.74 Å². The van der Waals surface area contributed by atoms with Gasteiger partial charge < -0.3 is 15.2 Å². The van der Waals surface area contributed by atoms with Gasteiger partial charge in [0, 0.05) is 32.0 Å². The van der Waals surface area contributed by atoms with Gasteiger partial charge in [-0.25, -0.2) is 4.68 Å². The number of hydrogen-bond donors (Lipinski definition) is 2. The number of amides is 1. The van der Waals surface area contributed by atoms with Crippen LogP contribution in [0.15, 0.2) is 42.7 Å². The van der Waals surface area contributed by atoms with E-state index in [9.17, 15) is 9.90 Å². The Morgan fingerprint density at radius 3 is 3.04 bits per heavy atom. The topological polar surface area (TPSA) is 76.4 Å². The summed E-state index contributed by atoms with van der Waals surface area (Å²) in [5.74, 6) is -0.0823. The quantitative estimate of drug-likeness (QED) is 0.875. The number of methoxy groups -OCH3 is 1. The summed E-state index contributed by atoms with van der Waals surface area (Å²) in [5, 5.41) is 17.0. The third-order valence-corrected chi connectivity index (χ3v) is 4.58. The highest BCUT2D eigenvalue weighted by atomic mass is 16.5. The van der Waals surface area contributed by atoms with Gasteiger partial charge in [-0.2, -0.15) is 5.10 Å². The molecule has 0 aliphatic heterocycles. The summed E-state index contributed by atoms with van der Waals surface area (Å²) < 4.78 is 7.05. The SMILES string of the molecule is CO[C@@H]1C[C@H](C(=O)NCc2cccc(-n3cccn3)c2)CC[C@@H]1O. The summed E-state index contributed by atoms with van der Waals surface area (Å²) >= 11 is 0. The van der Waals surface area contributed by atoms with Crippen molar-refractivity contribution in [3.63, 3.8) is 0 Å². The van der Waals surface area contributed by atoms with Crippen molar-refractivity contribution in [2.45, 2.75) is 38.0 Å². The third kappa shape index (κ3) is 3.83. The Morgan fingerprint density at radius 2 is 2.29 bits per heavy atom. The molecule has 128 valence electrons. The molecule has 1 heterocycles. The minimum atomic E-state index is -0.468. The smallest absolute Gasteiger partial charge is 0.223 e. The van der Waals surface area contributed by atoms with Crippen molar-refractivity contribution in [2.24, 2.45) is 5.92 Å². The molecule has 1 saturated carbocycles. The van der Waals surface area contributed by atoms with Crippen LogP contribution in [0.3, 0.4) is 0 Å². The van der Waals surface area contributed by atoms with Crippen LogP contribution < -0.4 is 5.32 Å². The van der Waals surface area contributed by atoms with E-state index in [-0.39, 0.29) is 17.9 Å². The number of aliphatic hydroxyl groups is 1. The van der Waals surface area contributed by atoms with Crippen molar-refractivity contribution in [3.05, 3.63) is 48.3 Å². The van der Waals surface area contributed by atoms with E-state index in [1.807, 2.05) is 36.5 Å². The highest BCUT2D eigenvalue weighted by molar-refractivity contribution is 5.78. The molecule has 3 atom stereocenters. The van der Waals surface area contributed by atoms with E-state index in [0.29, 0.717) is 25.8 Å². The molecule has 2 N–H and O–H groups in total. The second kappa shape index (κ2) is 7.59. The maximum atomic E-state index is 12.4. The average molecular weight is 329 g/mol. The fraction of sp³-hybridized carbons (Fsp3) is 0.444. The molecule has 3 rings (SSSR count). The lowest BCUT2D eigenvalue weighted by Gasteiger charge is -2.31. The van der Waals surface area contributed by atoms with Crippen molar-refractivity contribution < 1.29 is 14.6 Å². The Kier molecular flexibility index (Phi) is 5.27. The van der Waals surface area contributed by atoms with Crippen molar-refractivity contribution in [2.75, 3.05) is 7.11 Å². The standard InChI is InChI=1S/C18H23N3O3/c1-24-17-11-14(6-7-16(17)22)18(23)19-12-13-4-2-5-15(10-13)21-9-3-8-20-21/h2-5,8-10,14,16-17,22H,6-7,11-12H2,1H3,(H,19,23)/t14-,16+,17-/m1/s1. The highest BCUT2D eigenvalue weighted by Gasteiger charge is 2.32. The predicted molar refractivity (Wildman–Crippen MR) is 89.6 cm³/mol. The van der Waals surface area contributed by atoms with Crippen molar-refractivity contribution in [1.82, 2.24) is 15.1 Å². The number of benzene rings is 1. The van der Waals surface area contributed by atoms with Gasteiger partial charge in [0.05, 0.1) is 17.9 Å². The molecule has 24 heavy (non-hydrogen) atoms. The molecule has 6 heteroatoms. The second-order valence-electron chi connectivity index (χ2n) is 6.19. The fourth-order valence-corrected chi connectivity index (χ4v) is 3.17. The van der Waals surface area contributed by atoms with Crippen LogP contribution in [0, 0.1) is 5.92 Å². The van der Waals surface area contributed by atoms with Gasteiger partial charge in [-0.3, -0.25) is 4.79 Å². The average Bonchev–Trinajstić information content (AvgIpc) is 3.15. The molecule has 1 aromatic carbocycles. The zero-order valence-electron chi connectivity index (χ0n) is 13.8. The van der Waals surface area contributed by atoms with Gasteiger partial charge >= 0.3 is 0 Å². The first kappa shape index (κ1) is 16.7. The van der Waals surface area contributed by atoms with Gasteiger partial charge in [-0.1, -0.05) is 12.1 Å². The Morgan fingerprint density at radius 1 is 1.42 bits per heavy atom. The number of aromatic nitrogens is 2. The summed E-state index contributed by atoms with van der Waals surface area (Å²) in [6, 6.07) is 9.80. The molecule has 2 aromatic rings. The Hall–Kier alpha value is -2.18. The van der Waals surface area contributed by atoms with Crippen LogP contribution in [-0.2, 0) is 16.1 Å². The van der Waals surface area contributed by atoms with Gasteiger partial charge in [-0.15, -0.1) is 0 Å². The highest BCUT2D eigenvalue weighted by Crippen LogP contribution is 2.26. The van der Waals surface area contributed by atoms with Crippen molar-refractivity contribution >= 4 is 5.91 Å². The molecule has 0 radical (unpaired) electrons. The van der Waals surface area contributed by atoms with Crippen LogP contribution in [0.25, 0.3) is 5.69 Å². The molecular formula is C18H23N3O3. The molecule has 0 bridgehead atoms. The van der Waals surface area contributed by atoms with Crippen LogP contribution >= 0.6 is 0 Å². The first-order chi connectivity index (χ1) is 11.7. The van der Waals surface area contributed by atoms with Gasteiger partial charge in [0.25, 0.3) is 0 Å². The number of aliphatic hydroxyl groups excluding tert-OH is 1. The van der Waals surface area contributed by atoms with Crippen LogP contribution in [0.1, 0.15) is 24.8 Å². The molecule has 0 saturated heterocycles. The lowest BCUT2D eigenvalue weighted by Crippen LogP contribution is -2.41. The first-order valence-corrected chi connectivity index (χ1v) is 8.25. The molecule has 0 unspecified atom stereocenters.